The van der Waals surface area contributed by atoms with E-state index in [4.69, 9.17) is 0 Å². The van der Waals surface area contributed by atoms with Gasteiger partial charge in [0.15, 0.2) is 0 Å². The second kappa shape index (κ2) is 6.08. The second-order valence-electron chi connectivity index (χ2n) is 6.76. The van der Waals surface area contributed by atoms with Crippen LogP contribution in [0.4, 0.5) is 0 Å². The molecule has 3 nitrogen and oxygen atoms in total. The van der Waals surface area contributed by atoms with Crippen LogP contribution in [-0.2, 0) is 10.2 Å². The number of nitrogens with zero attached hydrogens (tertiary/aromatic N) is 2. The third kappa shape index (κ3) is 2.59. The van der Waals surface area contributed by atoms with Crippen molar-refractivity contribution in [2.45, 2.75) is 43.4 Å². The van der Waals surface area contributed by atoms with E-state index in [-0.39, 0.29) is 5.41 Å². The van der Waals surface area contributed by atoms with Crippen LogP contribution in [0.3, 0.4) is 0 Å². The highest BCUT2D eigenvalue weighted by atomic mass is 32.1. The maximum absolute atomic E-state index is 13.4. The zero-order valence-corrected chi connectivity index (χ0v) is 14.1. The molecule has 1 atom stereocenters. The van der Waals surface area contributed by atoms with E-state index in [1.807, 2.05) is 18.3 Å². The summed E-state index contributed by atoms with van der Waals surface area (Å²) in [4.78, 5) is 21.2. The third-order valence-electron chi connectivity index (χ3n) is 5.44. The zero-order chi connectivity index (χ0) is 15.7. The van der Waals surface area contributed by atoms with Crippen LogP contribution in [0.2, 0.25) is 0 Å². The number of hydrogen-bond donors (Lipinski definition) is 0. The predicted molar refractivity (Wildman–Crippen MR) is 92.6 cm³/mol. The molecule has 0 N–H and O–H groups in total. The Labute approximate surface area is 141 Å². The molecule has 0 spiro atoms. The fourth-order valence-electron chi connectivity index (χ4n) is 4.20. The number of amides is 1. The highest BCUT2D eigenvalue weighted by Crippen LogP contribution is 2.45. The first-order valence-corrected chi connectivity index (χ1v) is 9.42. The Morgan fingerprint density at radius 3 is 2.78 bits per heavy atom. The van der Waals surface area contributed by atoms with E-state index in [1.54, 1.807) is 11.3 Å². The first kappa shape index (κ1) is 14.9. The summed E-state index contributed by atoms with van der Waals surface area (Å²) in [7, 11) is 0. The van der Waals surface area contributed by atoms with Crippen molar-refractivity contribution in [3.63, 3.8) is 0 Å². The van der Waals surface area contributed by atoms with Crippen molar-refractivity contribution in [3.8, 4) is 0 Å². The molecule has 2 aliphatic rings. The van der Waals surface area contributed by atoms with Crippen LogP contribution in [0, 0.1) is 0 Å². The lowest BCUT2D eigenvalue weighted by molar-refractivity contribution is -0.136. The van der Waals surface area contributed by atoms with Gasteiger partial charge in [-0.1, -0.05) is 25.0 Å². The number of likely N-dealkylation sites (tertiary alicyclic amines) is 1. The Balaban J connectivity index is 1.55. The predicted octanol–water partition coefficient (Wildman–Crippen LogP) is 3.97. The molecular formula is C19H22N2OS. The van der Waals surface area contributed by atoms with Gasteiger partial charge in [0.25, 0.3) is 0 Å². The monoisotopic (exact) mass is 326 g/mol. The first-order valence-electron chi connectivity index (χ1n) is 8.54. The van der Waals surface area contributed by atoms with Gasteiger partial charge in [-0.3, -0.25) is 9.78 Å². The number of carbonyl (C=O) groups excluding carboxylic acids is 1. The van der Waals surface area contributed by atoms with Crippen LogP contribution >= 0.6 is 11.3 Å². The molecule has 2 aromatic heterocycles. The number of pyridine rings is 1. The average Bonchev–Trinajstić information content (AvgIpc) is 3.35. The van der Waals surface area contributed by atoms with Gasteiger partial charge in [-0.2, -0.15) is 0 Å². The van der Waals surface area contributed by atoms with Crippen LogP contribution in [0.15, 0.2) is 41.9 Å². The average molecular weight is 326 g/mol. The van der Waals surface area contributed by atoms with E-state index in [0.717, 1.165) is 38.0 Å². The van der Waals surface area contributed by atoms with Crippen molar-refractivity contribution < 1.29 is 4.79 Å². The van der Waals surface area contributed by atoms with E-state index >= 15 is 0 Å². The standard InChI is InChI=1S/C19H22N2OS/c22-18(19(9-2-3-10-19)17-7-5-13-23-17)21-12-8-15(14-21)16-6-1-4-11-20-16/h1,4-7,11,13,15H,2-3,8-10,12,14H2/t15-/m1/s1. The highest BCUT2D eigenvalue weighted by molar-refractivity contribution is 7.10. The number of carbonyl (C=O) groups is 1. The molecular weight excluding hydrogens is 304 g/mol. The molecule has 3 heterocycles. The van der Waals surface area contributed by atoms with Crippen molar-refractivity contribution in [2.75, 3.05) is 13.1 Å². The van der Waals surface area contributed by atoms with Gasteiger partial charge in [0.1, 0.15) is 0 Å². The molecule has 0 radical (unpaired) electrons. The lowest BCUT2D eigenvalue weighted by Gasteiger charge is -2.31. The van der Waals surface area contributed by atoms with Gasteiger partial charge in [-0.25, -0.2) is 0 Å². The molecule has 0 aromatic carbocycles. The van der Waals surface area contributed by atoms with Gasteiger partial charge >= 0.3 is 0 Å². The van der Waals surface area contributed by atoms with E-state index in [1.165, 1.54) is 17.7 Å². The van der Waals surface area contributed by atoms with Crippen LogP contribution in [0.5, 0.6) is 0 Å². The number of aromatic nitrogens is 1. The summed E-state index contributed by atoms with van der Waals surface area (Å²) in [6.45, 7) is 1.69. The Morgan fingerprint density at radius 2 is 2.09 bits per heavy atom. The van der Waals surface area contributed by atoms with E-state index in [0.29, 0.717) is 11.8 Å². The summed E-state index contributed by atoms with van der Waals surface area (Å²) < 4.78 is 0. The van der Waals surface area contributed by atoms with Gasteiger partial charge in [-0.15, -0.1) is 11.3 Å². The van der Waals surface area contributed by atoms with Gasteiger partial charge in [0, 0.05) is 35.8 Å². The molecule has 2 fully saturated rings. The fraction of sp³-hybridized carbons (Fsp3) is 0.474. The minimum absolute atomic E-state index is 0.243. The van der Waals surface area contributed by atoms with E-state index < -0.39 is 0 Å². The lowest BCUT2D eigenvalue weighted by atomic mass is 9.83. The number of hydrogen-bond acceptors (Lipinski definition) is 3. The summed E-state index contributed by atoms with van der Waals surface area (Å²) in [6.07, 6.45) is 7.24. The Bertz CT molecular complexity index is 662. The molecule has 1 saturated carbocycles. The number of rotatable bonds is 3. The van der Waals surface area contributed by atoms with Crippen molar-refractivity contribution >= 4 is 17.2 Å². The van der Waals surface area contributed by atoms with Crippen LogP contribution in [-0.4, -0.2) is 28.9 Å². The SMILES string of the molecule is O=C(N1CC[C@@H](c2ccccn2)C1)C1(c2cccs2)CCCC1. The van der Waals surface area contributed by atoms with Gasteiger partial charge < -0.3 is 4.90 Å². The third-order valence-corrected chi connectivity index (χ3v) is 6.51. The molecule has 1 saturated heterocycles. The lowest BCUT2D eigenvalue weighted by Crippen LogP contribution is -2.44. The minimum atomic E-state index is -0.243. The highest BCUT2D eigenvalue weighted by Gasteiger charge is 2.47. The van der Waals surface area contributed by atoms with Crippen LogP contribution < -0.4 is 0 Å². The van der Waals surface area contributed by atoms with Crippen LogP contribution in [0.25, 0.3) is 0 Å². The zero-order valence-electron chi connectivity index (χ0n) is 13.3. The smallest absolute Gasteiger partial charge is 0.234 e. The van der Waals surface area contributed by atoms with Crippen LogP contribution in [0.1, 0.15) is 48.6 Å². The topological polar surface area (TPSA) is 33.2 Å². The maximum atomic E-state index is 13.4. The molecule has 4 rings (SSSR count). The first-order chi connectivity index (χ1) is 11.3. The maximum Gasteiger partial charge on any atom is 0.234 e. The Kier molecular flexibility index (Phi) is 3.93. The molecule has 23 heavy (non-hydrogen) atoms. The molecule has 120 valence electrons. The normalized spacial score (nSPS) is 23.3. The molecule has 0 bridgehead atoms. The molecule has 4 heteroatoms. The number of thiophene rings is 1. The molecule has 1 amide bonds. The Hall–Kier alpha value is -1.68. The van der Waals surface area contributed by atoms with Gasteiger partial charge in [-0.05, 0) is 42.8 Å². The molecule has 1 aliphatic carbocycles. The van der Waals surface area contributed by atoms with Crippen molar-refractivity contribution in [3.05, 3.63) is 52.5 Å². The van der Waals surface area contributed by atoms with E-state index in [2.05, 4.69) is 33.5 Å². The summed E-state index contributed by atoms with van der Waals surface area (Å²) in [6, 6.07) is 10.3. The van der Waals surface area contributed by atoms with E-state index in [9.17, 15) is 4.79 Å². The van der Waals surface area contributed by atoms with Gasteiger partial charge in [0.05, 0.1) is 5.41 Å². The van der Waals surface area contributed by atoms with Crippen molar-refractivity contribution in [1.29, 1.82) is 0 Å². The Morgan fingerprint density at radius 1 is 1.22 bits per heavy atom. The van der Waals surface area contributed by atoms with Crippen molar-refractivity contribution in [1.82, 2.24) is 9.88 Å². The molecule has 2 aromatic rings. The molecule has 0 unspecified atom stereocenters. The largest absolute Gasteiger partial charge is 0.341 e. The summed E-state index contributed by atoms with van der Waals surface area (Å²) >= 11 is 1.74. The quantitative estimate of drug-likeness (QED) is 0.855. The van der Waals surface area contributed by atoms with Gasteiger partial charge in [0.2, 0.25) is 5.91 Å². The summed E-state index contributed by atoms with van der Waals surface area (Å²) in [5.74, 6) is 0.748. The molecule has 1 aliphatic heterocycles. The van der Waals surface area contributed by atoms with Crippen molar-refractivity contribution in [2.24, 2.45) is 0 Å². The minimum Gasteiger partial charge on any atom is -0.341 e. The second-order valence-corrected chi connectivity index (χ2v) is 7.71. The fourth-order valence-corrected chi connectivity index (χ4v) is 5.18. The summed E-state index contributed by atoms with van der Waals surface area (Å²) in [5.41, 5.74) is 0.882. The summed E-state index contributed by atoms with van der Waals surface area (Å²) in [5, 5.41) is 2.10.